The Hall–Kier alpha value is -4.34. The fourth-order valence-electron chi connectivity index (χ4n) is 5.17. The Kier molecular flexibility index (Phi) is 10.2. The highest BCUT2D eigenvalue weighted by atomic mass is 79.9. The minimum Gasteiger partial charge on any atom is -0.497 e. The van der Waals surface area contributed by atoms with Crippen LogP contribution in [0.1, 0.15) is 34.8 Å². The van der Waals surface area contributed by atoms with Crippen molar-refractivity contribution in [3.05, 3.63) is 124 Å². The van der Waals surface area contributed by atoms with Gasteiger partial charge in [-0.2, -0.15) is 0 Å². The van der Waals surface area contributed by atoms with E-state index in [-0.39, 0.29) is 25.5 Å². The summed E-state index contributed by atoms with van der Waals surface area (Å²) in [4.78, 5) is 19.6. The van der Waals surface area contributed by atoms with Gasteiger partial charge in [0.15, 0.2) is 11.6 Å². The molecule has 1 amide bonds. The Balaban J connectivity index is 1.55. The third-order valence-electron chi connectivity index (χ3n) is 7.48. The van der Waals surface area contributed by atoms with Gasteiger partial charge in [0.2, 0.25) is 5.90 Å². The minimum absolute atomic E-state index is 0.0660. The van der Waals surface area contributed by atoms with Crippen LogP contribution in [0.2, 0.25) is 0 Å². The molecule has 0 aliphatic carbocycles. The summed E-state index contributed by atoms with van der Waals surface area (Å²) in [6.45, 7) is 0.698. The summed E-state index contributed by atoms with van der Waals surface area (Å²) >= 11 is 3.68. The van der Waals surface area contributed by atoms with Crippen LogP contribution in [-0.4, -0.2) is 49.9 Å². The van der Waals surface area contributed by atoms with Crippen molar-refractivity contribution in [2.24, 2.45) is 4.99 Å². The van der Waals surface area contributed by atoms with Gasteiger partial charge in [0.05, 0.1) is 20.8 Å². The molecule has 0 fully saturated rings. The van der Waals surface area contributed by atoms with E-state index in [9.17, 15) is 4.79 Å². The van der Waals surface area contributed by atoms with Crippen LogP contribution < -0.4 is 19.5 Å². The first-order valence-corrected chi connectivity index (χ1v) is 15.1. The van der Waals surface area contributed by atoms with Crippen LogP contribution in [-0.2, 0) is 22.5 Å². The molecular weight excluding hydrogens is 624 g/mol. The highest BCUT2D eigenvalue weighted by molar-refractivity contribution is 9.10. The van der Waals surface area contributed by atoms with E-state index >= 15 is 0 Å². The molecule has 9 heteroatoms. The zero-order valence-electron chi connectivity index (χ0n) is 24.7. The lowest BCUT2D eigenvalue weighted by Gasteiger charge is -2.31. The van der Waals surface area contributed by atoms with Crippen molar-refractivity contribution >= 4 is 27.7 Å². The lowest BCUT2D eigenvalue weighted by molar-refractivity contribution is -0.129. The summed E-state index contributed by atoms with van der Waals surface area (Å²) in [5.41, 5.74) is 1.94. The summed E-state index contributed by atoms with van der Waals surface area (Å²) in [6.07, 6.45) is 0.126. The average molecular weight is 660 g/mol. The lowest BCUT2D eigenvalue weighted by atomic mass is 9.82. The number of methoxy groups -OCH3 is 2. The fourth-order valence-corrected chi connectivity index (χ4v) is 5.59. The van der Waals surface area contributed by atoms with E-state index in [1.807, 2.05) is 91.0 Å². The third kappa shape index (κ3) is 6.90. The molecule has 228 valence electrons. The Morgan fingerprint density at radius 1 is 0.932 bits per heavy atom. The molecule has 2 atom stereocenters. The molecule has 0 bridgehead atoms. The summed E-state index contributed by atoms with van der Waals surface area (Å²) < 4.78 is 24.1. The van der Waals surface area contributed by atoms with Crippen LogP contribution in [0.15, 0.2) is 107 Å². The number of amides is 1. The highest BCUT2D eigenvalue weighted by Gasteiger charge is 2.53. The van der Waals surface area contributed by atoms with Crippen molar-refractivity contribution in [1.29, 1.82) is 0 Å². The fraction of sp³-hybridized carbons (Fsp3) is 0.257. The number of hydrogen-bond donors (Lipinski definition) is 2. The molecule has 0 radical (unpaired) electrons. The monoisotopic (exact) mass is 658 g/mol. The number of rotatable bonds is 13. The van der Waals surface area contributed by atoms with E-state index in [0.29, 0.717) is 36.2 Å². The van der Waals surface area contributed by atoms with Crippen LogP contribution >= 0.6 is 15.9 Å². The van der Waals surface area contributed by atoms with Gasteiger partial charge in [0, 0.05) is 47.7 Å². The Bertz CT molecular complexity index is 1590. The molecule has 1 aliphatic rings. The number of benzene rings is 4. The lowest BCUT2D eigenvalue weighted by Crippen LogP contribution is -2.49. The molecular formula is C35H35BrN2O6. The third-order valence-corrected chi connectivity index (χ3v) is 8.26. The molecule has 0 spiro atoms. The molecule has 5 rings (SSSR count). The maximum absolute atomic E-state index is 14.5. The quantitative estimate of drug-likeness (QED) is 0.170. The number of nitrogens with one attached hydrogen (secondary N) is 1. The largest absolute Gasteiger partial charge is 0.497 e. The van der Waals surface area contributed by atoms with Crippen molar-refractivity contribution in [1.82, 2.24) is 5.32 Å². The number of carbonyl (C=O) groups is 1. The molecule has 44 heavy (non-hydrogen) atoms. The van der Waals surface area contributed by atoms with E-state index in [0.717, 1.165) is 26.7 Å². The molecule has 2 N–H and O–H groups in total. The molecule has 0 aromatic heterocycles. The first-order chi connectivity index (χ1) is 21.5. The van der Waals surface area contributed by atoms with Gasteiger partial charge in [-0.25, -0.2) is 4.99 Å². The van der Waals surface area contributed by atoms with Gasteiger partial charge >= 0.3 is 0 Å². The first kappa shape index (κ1) is 31.1. The van der Waals surface area contributed by atoms with Crippen LogP contribution in [0.4, 0.5) is 0 Å². The number of nitrogens with zero attached hydrogens (tertiary/aromatic N) is 1. The van der Waals surface area contributed by atoms with Crippen molar-refractivity contribution < 1.29 is 28.8 Å². The van der Waals surface area contributed by atoms with Gasteiger partial charge < -0.3 is 29.4 Å². The van der Waals surface area contributed by atoms with Crippen LogP contribution in [0.25, 0.3) is 0 Å². The number of carbonyl (C=O) groups excluding carboxylic acids is 1. The van der Waals surface area contributed by atoms with E-state index in [2.05, 4.69) is 21.2 Å². The van der Waals surface area contributed by atoms with Crippen molar-refractivity contribution in [2.45, 2.75) is 31.0 Å². The van der Waals surface area contributed by atoms with E-state index in [4.69, 9.17) is 29.0 Å². The zero-order chi connectivity index (χ0) is 30.9. The molecule has 0 saturated carbocycles. The number of ether oxygens (including phenoxy) is 4. The summed E-state index contributed by atoms with van der Waals surface area (Å²) in [7, 11) is 3.18. The topological polar surface area (TPSA) is 98.6 Å². The molecule has 1 aliphatic heterocycles. The first-order valence-electron chi connectivity index (χ1n) is 14.4. The maximum Gasteiger partial charge on any atom is 0.252 e. The number of halogens is 1. The van der Waals surface area contributed by atoms with Gasteiger partial charge in [-0.1, -0.05) is 64.5 Å². The molecule has 0 saturated heterocycles. The van der Waals surface area contributed by atoms with Crippen LogP contribution in [0, 0.1) is 0 Å². The normalized spacial score (nSPS) is 17.4. The van der Waals surface area contributed by atoms with Gasteiger partial charge in [0.1, 0.15) is 17.2 Å². The summed E-state index contributed by atoms with van der Waals surface area (Å²) in [5.74, 6) is 2.03. The average Bonchev–Trinajstić information content (AvgIpc) is 3.46. The molecule has 1 heterocycles. The van der Waals surface area contributed by atoms with Gasteiger partial charge in [-0.15, -0.1) is 0 Å². The SMILES string of the molecule is COc1ccc(CNC(=O)[C@]2(Cc3ccccc3Br)N=C(c3ccc(OCCCO)cc3)O[C@@H]2c2ccccc2)c(OC)c1. The highest BCUT2D eigenvalue weighted by Crippen LogP contribution is 2.43. The number of aliphatic hydroxyl groups is 1. The predicted molar refractivity (Wildman–Crippen MR) is 172 cm³/mol. The van der Waals surface area contributed by atoms with Crippen molar-refractivity contribution in [3.8, 4) is 17.2 Å². The Labute approximate surface area is 265 Å². The number of hydrogen-bond acceptors (Lipinski definition) is 7. The van der Waals surface area contributed by atoms with Crippen LogP contribution in [0.5, 0.6) is 17.2 Å². The second-order valence-electron chi connectivity index (χ2n) is 10.3. The second-order valence-corrected chi connectivity index (χ2v) is 11.2. The maximum atomic E-state index is 14.5. The molecule has 4 aromatic carbocycles. The van der Waals surface area contributed by atoms with E-state index < -0.39 is 11.6 Å². The van der Waals surface area contributed by atoms with Crippen LogP contribution in [0.3, 0.4) is 0 Å². The summed E-state index contributed by atoms with van der Waals surface area (Å²) in [6, 6.07) is 30.4. The number of aliphatic hydroxyl groups excluding tert-OH is 1. The molecule has 4 aromatic rings. The van der Waals surface area contributed by atoms with Crippen molar-refractivity contribution in [2.75, 3.05) is 27.4 Å². The van der Waals surface area contributed by atoms with E-state index in [1.54, 1.807) is 20.3 Å². The number of aliphatic imine (C=N–C) groups is 1. The van der Waals surface area contributed by atoms with Gasteiger partial charge in [-0.05, 0) is 53.6 Å². The predicted octanol–water partition coefficient (Wildman–Crippen LogP) is 6.04. The minimum atomic E-state index is -1.34. The second kappa shape index (κ2) is 14.4. The van der Waals surface area contributed by atoms with Gasteiger partial charge in [-0.3, -0.25) is 4.79 Å². The van der Waals surface area contributed by atoms with E-state index in [1.165, 1.54) is 0 Å². The van der Waals surface area contributed by atoms with Gasteiger partial charge in [0.25, 0.3) is 5.91 Å². The Morgan fingerprint density at radius 3 is 2.36 bits per heavy atom. The molecule has 0 unspecified atom stereocenters. The standard InChI is InChI=1S/C35H35BrN2O6/c1-41-29-18-15-27(31(21-29)42-2)23-37-34(40)35(22-26-11-6-7-12-30(26)36)32(24-9-4-3-5-10-24)44-33(38-35)25-13-16-28(17-14-25)43-20-8-19-39/h3-7,9-18,21,32,39H,8,19-20,22-23H2,1-2H3,(H,37,40)/t32-,35-/m1/s1. The Morgan fingerprint density at radius 2 is 1.66 bits per heavy atom. The molecule has 8 nitrogen and oxygen atoms in total. The van der Waals surface area contributed by atoms with Crippen molar-refractivity contribution in [3.63, 3.8) is 0 Å². The zero-order valence-corrected chi connectivity index (χ0v) is 26.3. The summed E-state index contributed by atoms with van der Waals surface area (Å²) in [5, 5.41) is 12.2. The smallest absolute Gasteiger partial charge is 0.252 e.